The zero-order valence-electron chi connectivity index (χ0n) is 8.33. The predicted molar refractivity (Wildman–Crippen MR) is 46.0 cm³/mol. The van der Waals surface area contributed by atoms with Gasteiger partial charge in [-0.1, -0.05) is 0 Å². The average molecular weight is 266 g/mol. The molecule has 96 valence electrons. The lowest BCUT2D eigenvalue weighted by atomic mass is 10.1. The maximum Gasteiger partial charge on any atom is 0.574 e. The molecule has 0 aliphatic rings. The molecule has 18 heavy (non-hydrogen) atoms. The topological polar surface area (TPSA) is 63.0 Å². The standard InChI is InChI=1S/C9H3F5N2O2/c10-7(11)6-4(2-15)1-5(3-17)16-8(6)18-9(12,13)14/h1,3,7H. The Morgan fingerprint density at radius 1 is 1.44 bits per heavy atom. The molecule has 9 heteroatoms. The van der Waals surface area contributed by atoms with Gasteiger partial charge in [-0.2, -0.15) is 5.26 Å². The Bertz CT molecular complexity index is 507. The Kier molecular flexibility index (Phi) is 3.80. The van der Waals surface area contributed by atoms with E-state index in [1.807, 2.05) is 0 Å². The first-order chi connectivity index (χ1) is 8.28. The first-order valence-corrected chi connectivity index (χ1v) is 4.22. The number of aldehydes is 1. The Balaban J connectivity index is 3.45. The highest BCUT2D eigenvalue weighted by Gasteiger charge is 2.35. The number of nitriles is 1. The van der Waals surface area contributed by atoms with Gasteiger partial charge in [0.15, 0.2) is 6.29 Å². The second-order valence-electron chi connectivity index (χ2n) is 2.89. The van der Waals surface area contributed by atoms with Crippen molar-refractivity contribution in [3.8, 4) is 11.9 Å². The molecule has 0 fully saturated rings. The van der Waals surface area contributed by atoms with E-state index < -0.39 is 35.5 Å². The zero-order chi connectivity index (χ0) is 13.9. The summed E-state index contributed by atoms with van der Waals surface area (Å²) < 4.78 is 64.3. The molecule has 0 aliphatic heterocycles. The van der Waals surface area contributed by atoms with Crippen molar-refractivity contribution in [1.29, 1.82) is 5.26 Å². The van der Waals surface area contributed by atoms with Crippen molar-refractivity contribution in [2.45, 2.75) is 12.8 Å². The number of hydrogen-bond donors (Lipinski definition) is 0. The SMILES string of the molecule is N#Cc1cc(C=O)nc(OC(F)(F)F)c1C(F)F. The van der Waals surface area contributed by atoms with Gasteiger partial charge >= 0.3 is 6.36 Å². The van der Waals surface area contributed by atoms with E-state index in [1.165, 1.54) is 6.07 Å². The van der Waals surface area contributed by atoms with Crippen LogP contribution in [0.3, 0.4) is 0 Å². The molecule has 0 unspecified atom stereocenters. The second-order valence-corrected chi connectivity index (χ2v) is 2.89. The molecule has 0 atom stereocenters. The van der Waals surface area contributed by atoms with Gasteiger partial charge in [-0.25, -0.2) is 13.8 Å². The minimum atomic E-state index is -5.26. The van der Waals surface area contributed by atoms with Crippen LogP contribution in [0.15, 0.2) is 6.07 Å². The Hall–Kier alpha value is -2.24. The number of ether oxygens (including phenoxy) is 1. The maximum absolute atomic E-state index is 12.6. The largest absolute Gasteiger partial charge is 0.574 e. The fourth-order valence-electron chi connectivity index (χ4n) is 1.10. The molecule has 1 aromatic rings. The summed E-state index contributed by atoms with van der Waals surface area (Å²) in [5, 5.41) is 8.55. The van der Waals surface area contributed by atoms with Gasteiger partial charge < -0.3 is 4.74 Å². The Morgan fingerprint density at radius 2 is 2.06 bits per heavy atom. The number of halogens is 5. The fourth-order valence-corrected chi connectivity index (χ4v) is 1.10. The predicted octanol–water partition coefficient (Wildman–Crippen LogP) is 2.60. The number of rotatable bonds is 3. The molecule has 0 saturated carbocycles. The minimum absolute atomic E-state index is 0.0132. The summed E-state index contributed by atoms with van der Waals surface area (Å²) in [6.07, 6.45) is -8.64. The van der Waals surface area contributed by atoms with E-state index in [-0.39, 0.29) is 6.29 Å². The van der Waals surface area contributed by atoms with E-state index in [0.29, 0.717) is 6.07 Å². The lowest BCUT2D eigenvalue weighted by Crippen LogP contribution is -2.20. The molecule has 0 aliphatic carbocycles. The molecule has 4 nitrogen and oxygen atoms in total. The van der Waals surface area contributed by atoms with Crippen molar-refractivity contribution in [1.82, 2.24) is 4.98 Å². The molecule has 0 amide bonds. The van der Waals surface area contributed by atoms with Crippen LogP contribution in [0.2, 0.25) is 0 Å². The third kappa shape index (κ3) is 3.13. The van der Waals surface area contributed by atoms with Gasteiger partial charge in [0.1, 0.15) is 5.69 Å². The molecule has 1 heterocycles. The summed E-state index contributed by atoms with van der Waals surface area (Å²) in [5.74, 6) is -1.50. The number of hydrogen-bond acceptors (Lipinski definition) is 4. The van der Waals surface area contributed by atoms with Gasteiger partial charge in [0.2, 0.25) is 5.88 Å². The Labute approximate surface area is 96.6 Å². The lowest BCUT2D eigenvalue weighted by molar-refractivity contribution is -0.276. The minimum Gasteiger partial charge on any atom is -0.387 e. The maximum atomic E-state index is 12.6. The van der Waals surface area contributed by atoms with Crippen molar-refractivity contribution in [2.24, 2.45) is 0 Å². The number of carbonyl (C=O) groups is 1. The van der Waals surface area contributed by atoms with Crippen LogP contribution in [-0.4, -0.2) is 17.6 Å². The van der Waals surface area contributed by atoms with Crippen LogP contribution in [0.25, 0.3) is 0 Å². The van der Waals surface area contributed by atoms with Gasteiger partial charge in [-0.05, 0) is 6.07 Å². The first kappa shape index (κ1) is 13.8. The van der Waals surface area contributed by atoms with Gasteiger partial charge in [0, 0.05) is 0 Å². The van der Waals surface area contributed by atoms with Crippen molar-refractivity contribution < 1.29 is 31.5 Å². The van der Waals surface area contributed by atoms with Crippen LogP contribution in [0, 0.1) is 11.3 Å². The summed E-state index contributed by atoms with van der Waals surface area (Å²) in [7, 11) is 0. The van der Waals surface area contributed by atoms with Crippen molar-refractivity contribution in [3.05, 3.63) is 22.9 Å². The van der Waals surface area contributed by atoms with Crippen LogP contribution in [0.4, 0.5) is 22.0 Å². The van der Waals surface area contributed by atoms with Gasteiger partial charge in [0.25, 0.3) is 6.43 Å². The van der Waals surface area contributed by atoms with Crippen molar-refractivity contribution in [2.75, 3.05) is 0 Å². The highest BCUT2D eigenvalue weighted by molar-refractivity contribution is 5.73. The number of nitrogens with zero attached hydrogens (tertiary/aromatic N) is 2. The van der Waals surface area contributed by atoms with Crippen LogP contribution >= 0.6 is 0 Å². The molecule has 0 bridgehead atoms. The van der Waals surface area contributed by atoms with E-state index in [1.54, 1.807) is 0 Å². The van der Waals surface area contributed by atoms with Crippen molar-refractivity contribution in [3.63, 3.8) is 0 Å². The van der Waals surface area contributed by atoms with Gasteiger partial charge in [0.05, 0.1) is 17.2 Å². The third-order valence-electron chi connectivity index (χ3n) is 1.72. The van der Waals surface area contributed by atoms with Crippen LogP contribution in [0.1, 0.15) is 28.0 Å². The first-order valence-electron chi connectivity index (χ1n) is 4.22. The molecule has 0 saturated heterocycles. The van der Waals surface area contributed by atoms with E-state index in [0.717, 1.165) is 0 Å². The summed E-state index contributed by atoms with van der Waals surface area (Å²) in [4.78, 5) is 13.3. The molecular formula is C9H3F5N2O2. The van der Waals surface area contributed by atoms with Gasteiger partial charge in [-0.3, -0.25) is 4.79 Å². The summed E-state index contributed by atoms with van der Waals surface area (Å²) in [6, 6.07) is 1.90. The third-order valence-corrected chi connectivity index (χ3v) is 1.72. The number of carbonyl (C=O) groups excluding carboxylic acids is 1. The smallest absolute Gasteiger partial charge is 0.387 e. The normalized spacial score (nSPS) is 11.2. The molecule has 0 radical (unpaired) electrons. The zero-order valence-corrected chi connectivity index (χ0v) is 8.33. The summed E-state index contributed by atoms with van der Waals surface area (Å²) >= 11 is 0. The van der Waals surface area contributed by atoms with E-state index in [9.17, 15) is 26.7 Å². The van der Waals surface area contributed by atoms with E-state index in [2.05, 4.69) is 9.72 Å². The molecule has 1 rings (SSSR count). The monoisotopic (exact) mass is 266 g/mol. The fraction of sp³-hybridized carbons (Fsp3) is 0.222. The van der Waals surface area contributed by atoms with Crippen LogP contribution in [0.5, 0.6) is 5.88 Å². The Morgan fingerprint density at radius 3 is 2.44 bits per heavy atom. The van der Waals surface area contributed by atoms with Crippen LogP contribution < -0.4 is 4.74 Å². The lowest BCUT2D eigenvalue weighted by Gasteiger charge is -2.13. The van der Waals surface area contributed by atoms with Crippen molar-refractivity contribution >= 4 is 6.29 Å². The molecule has 0 spiro atoms. The molecule has 0 aromatic carbocycles. The summed E-state index contributed by atoms with van der Waals surface area (Å²) in [6.45, 7) is 0. The molecular weight excluding hydrogens is 263 g/mol. The summed E-state index contributed by atoms with van der Waals surface area (Å²) in [5.41, 5.74) is -2.73. The second kappa shape index (κ2) is 4.95. The number of aromatic nitrogens is 1. The quantitative estimate of drug-likeness (QED) is 0.623. The van der Waals surface area contributed by atoms with E-state index >= 15 is 0 Å². The number of pyridine rings is 1. The highest BCUT2D eigenvalue weighted by Crippen LogP contribution is 2.33. The highest BCUT2D eigenvalue weighted by atomic mass is 19.4. The molecule has 1 aromatic heterocycles. The van der Waals surface area contributed by atoms with Crippen LogP contribution in [-0.2, 0) is 0 Å². The average Bonchev–Trinajstić information content (AvgIpc) is 2.25. The van der Waals surface area contributed by atoms with Gasteiger partial charge in [-0.15, -0.1) is 13.2 Å². The number of alkyl halides is 5. The molecule has 0 N–H and O–H groups in total. The van der Waals surface area contributed by atoms with E-state index in [4.69, 9.17) is 5.26 Å².